The SMILES string of the molecule is NC=O.Oc1ccc(Cc2ccc(N3CCC3)nc2)c(F)c1-c1cccc(Cl)c1. The fraction of sp³-hybridized carbons (Fsp3) is 0.182. The van der Waals surface area contributed by atoms with E-state index >= 15 is 4.39 Å². The van der Waals surface area contributed by atoms with Crippen molar-refractivity contribution < 1.29 is 14.3 Å². The molecule has 150 valence electrons. The molecule has 2 aromatic carbocycles. The lowest BCUT2D eigenvalue weighted by atomic mass is 9.97. The van der Waals surface area contributed by atoms with E-state index in [9.17, 15) is 5.11 Å². The van der Waals surface area contributed by atoms with Crippen molar-refractivity contribution in [2.75, 3.05) is 18.0 Å². The van der Waals surface area contributed by atoms with E-state index < -0.39 is 5.82 Å². The van der Waals surface area contributed by atoms with E-state index in [0.29, 0.717) is 22.6 Å². The lowest BCUT2D eigenvalue weighted by Crippen LogP contribution is -2.37. The molecule has 29 heavy (non-hydrogen) atoms. The molecule has 0 atom stereocenters. The Morgan fingerprint density at radius 2 is 1.97 bits per heavy atom. The molecule has 1 amide bonds. The Bertz CT molecular complexity index is 992. The minimum Gasteiger partial charge on any atom is -0.507 e. The van der Waals surface area contributed by atoms with Crippen molar-refractivity contribution in [2.24, 2.45) is 5.73 Å². The lowest BCUT2D eigenvalue weighted by Gasteiger charge is -2.31. The predicted molar refractivity (Wildman–Crippen MR) is 113 cm³/mol. The summed E-state index contributed by atoms with van der Waals surface area (Å²) in [7, 11) is 0. The number of halogens is 2. The van der Waals surface area contributed by atoms with Crippen molar-refractivity contribution >= 4 is 23.8 Å². The number of pyridine rings is 1. The average Bonchev–Trinajstić information content (AvgIpc) is 2.65. The van der Waals surface area contributed by atoms with Crippen LogP contribution < -0.4 is 10.6 Å². The Labute approximate surface area is 173 Å². The number of aromatic hydroxyl groups is 1. The first kappa shape index (κ1) is 20.6. The van der Waals surface area contributed by atoms with E-state index in [4.69, 9.17) is 16.4 Å². The number of benzene rings is 2. The quantitative estimate of drug-likeness (QED) is 0.630. The van der Waals surface area contributed by atoms with E-state index in [-0.39, 0.29) is 17.7 Å². The van der Waals surface area contributed by atoms with E-state index in [1.807, 2.05) is 12.1 Å². The second-order valence-corrected chi connectivity index (χ2v) is 7.06. The van der Waals surface area contributed by atoms with Crippen LogP contribution in [0.1, 0.15) is 17.5 Å². The van der Waals surface area contributed by atoms with Gasteiger partial charge in [0, 0.05) is 30.7 Å². The maximum Gasteiger partial charge on any atom is 0.204 e. The monoisotopic (exact) mass is 413 g/mol. The Morgan fingerprint density at radius 3 is 2.55 bits per heavy atom. The Kier molecular flexibility index (Phi) is 6.67. The number of nitrogens with two attached hydrogens (primary N) is 1. The number of primary amides is 1. The summed E-state index contributed by atoms with van der Waals surface area (Å²) in [5.41, 5.74) is 6.34. The van der Waals surface area contributed by atoms with Crippen LogP contribution in [0.3, 0.4) is 0 Å². The van der Waals surface area contributed by atoms with Gasteiger partial charge in [-0.25, -0.2) is 9.37 Å². The molecule has 4 rings (SSSR count). The molecular weight excluding hydrogens is 393 g/mol. The van der Waals surface area contributed by atoms with E-state index in [0.717, 1.165) is 24.5 Å². The third-order valence-electron chi connectivity index (χ3n) is 4.70. The summed E-state index contributed by atoms with van der Waals surface area (Å²) in [4.78, 5) is 15.3. The molecule has 1 aromatic heterocycles. The largest absolute Gasteiger partial charge is 0.507 e. The van der Waals surface area contributed by atoms with Gasteiger partial charge < -0.3 is 15.7 Å². The third-order valence-corrected chi connectivity index (χ3v) is 4.93. The number of anilines is 1. The molecule has 3 aromatic rings. The van der Waals surface area contributed by atoms with Crippen LogP contribution in [-0.2, 0) is 11.2 Å². The molecule has 1 aliphatic heterocycles. The molecule has 0 radical (unpaired) electrons. The fourth-order valence-electron chi connectivity index (χ4n) is 3.14. The third kappa shape index (κ3) is 4.84. The second kappa shape index (κ2) is 9.39. The lowest BCUT2D eigenvalue weighted by molar-refractivity contribution is -0.106. The van der Waals surface area contributed by atoms with Gasteiger partial charge in [0.25, 0.3) is 0 Å². The molecule has 0 spiro atoms. The fourth-order valence-corrected chi connectivity index (χ4v) is 3.33. The summed E-state index contributed by atoms with van der Waals surface area (Å²) in [6, 6.07) is 13.9. The highest BCUT2D eigenvalue weighted by Crippen LogP contribution is 2.35. The number of aromatic nitrogens is 1. The number of nitrogens with zero attached hydrogens (tertiary/aromatic N) is 2. The Hall–Kier alpha value is -3.12. The summed E-state index contributed by atoms with van der Waals surface area (Å²) >= 11 is 6.01. The number of phenols is 1. The van der Waals surface area contributed by atoms with Crippen molar-refractivity contribution in [1.82, 2.24) is 4.98 Å². The topological polar surface area (TPSA) is 79.5 Å². The number of carbonyl (C=O) groups excluding carboxylic acids is 1. The second-order valence-electron chi connectivity index (χ2n) is 6.62. The number of hydrogen-bond acceptors (Lipinski definition) is 4. The van der Waals surface area contributed by atoms with Gasteiger partial charge in [0.2, 0.25) is 6.41 Å². The highest BCUT2D eigenvalue weighted by atomic mass is 35.5. The maximum atomic E-state index is 15.1. The molecule has 7 heteroatoms. The minimum atomic E-state index is -0.431. The Balaban J connectivity index is 0.000000755. The van der Waals surface area contributed by atoms with E-state index in [1.165, 1.54) is 12.5 Å². The molecule has 1 fully saturated rings. The van der Waals surface area contributed by atoms with Crippen LogP contribution in [0.4, 0.5) is 10.2 Å². The average molecular weight is 414 g/mol. The van der Waals surface area contributed by atoms with Gasteiger partial charge in [-0.3, -0.25) is 4.79 Å². The number of hydrogen-bond donors (Lipinski definition) is 2. The summed E-state index contributed by atoms with van der Waals surface area (Å²) in [5.74, 6) is 0.435. The standard InChI is InChI=1S/C21H18ClFN2O.CH3NO/c22-17-4-1-3-15(12-17)20-18(26)7-6-16(21(20)23)11-14-5-8-19(24-13-14)25-9-2-10-25;2-1-3/h1,3-8,12-13,26H,2,9-11H2;1H,(H2,2,3). The van der Waals surface area contributed by atoms with Crippen LogP contribution in [0, 0.1) is 5.82 Å². The molecule has 0 aliphatic carbocycles. The van der Waals surface area contributed by atoms with Gasteiger partial charge in [-0.15, -0.1) is 0 Å². The smallest absolute Gasteiger partial charge is 0.204 e. The molecule has 0 bridgehead atoms. The molecule has 3 N–H and O–H groups in total. The molecular formula is C22H21ClFN3O2. The molecule has 0 saturated carbocycles. The summed E-state index contributed by atoms with van der Waals surface area (Å²) in [5, 5.41) is 10.7. The summed E-state index contributed by atoms with van der Waals surface area (Å²) in [6.45, 7) is 2.09. The van der Waals surface area contributed by atoms with Crippen molar-refractivity contribution in [1.29, 1.82) is 0 Å². The molecule has 5 nitrogen and oxygen atoms in total. The van der Waals surface area contributed by atoms with Gasteiger partial charge in [-0.2, -0.15) is 0 Å². The van der Waals surface area contributed by atoms with Crippen molar-refractivity contribution in [3.8, 4) is 16.9 Å². The molecule has 0 unspecified atom stereocenters. The van der Waals surface area contributed by atoms with Crippen LogP contribution in [0.5, 0.6) is 5.75 Å². The highest BCUT2D eigenvalue weighted by molar-refractivity contribution is 6.30. The molecule has 2 heterocycles. The van der Waals surface area contributed by atoms with Gasteiger partial charge in [-0.1, -0.05) is 35.9 Å². The van der Waals surface area contributed by atoms with Gasteiger partial charge in [0.1, 0.15) is 17.4 Å². The van der Waals surface area contributed by atoms with Crippen LogP contribution in [0.25, 0.3) is 11.1 Å². The molecule has 1 aliphatic rings. The van der Waals surface area contributed by atoms with Crippen LogP contribution >= 0.6 is 11.6 Å². The van der Waals surface area contributed by atoms with Crippen molar-refractivity contribution in [3.05, 3.63) is 76.7 Å². The van der Waals surface area contributed by atoms with Crippen LogP contribution in [0.2, 0.25) is 5.02 Å². The first-order chi connectivity index (χ1) is 14.0. The number of amides is 1. The van der Waals surface area contributed by atoms with Crippen LogP contribution in [-0.4, -0.2) is 29.6 Å². The van der Waals surface area contributed by atoms with Gasteiger partial charge in [0.05, 0.1) is 5.56 Å². The number of phenolic OH excluding ortho intramolecular Hbond substituents is 1. The van der Waals surface area contributed by atoms with Crippen molar-refractivity contribution in [3.63, 3.8) is 0 Å². The first-order valence-corrected chi connectivity index (χ1v) is 9.52. The summed E-state index contributed by atoms with van der Waals surface area (Å²) in [6.07, 6.45) is 3.65. The zero-order chi connectivity index (χ0) is 20.8. The van der Waals surface area contributed by atoms with E-state index in [2.05, 4.69) is 15.6 Å². The normalized spacial score (nSPS) is 12.6. The molecule has 1 saturated heterocycles. The number of rotatable bonds is 4. The van der Waals surface area contributed by atoms with Gasteiger partial charge >= 0.3 is 0 Å². The van der Waals surface area contributed by atoms with Gasteiger partial charge in [0.15, 0.2) is 0 Å². The highest BCUT2D eigenvalue weighted by Gasteiger charge is 2.17. The van der Waals surface area contributed by atoms with Crippen LogP contribution in [0.15, 0.2) is 54.7 Å². The zero-order valence-corrected chi connectivity index (χ0v) is 16.4. The Morgan fingerprint density at radius 1 is 1.21 bits per heavy atom. The van der Waals surface area contributed by atoms with Gasteiger partial charge in [-0.05, 0) is 47.4 Å². The first-order valence-electron chi connectivity index (χ1n) is 9.15. The minimum absolute atomic E-state index is 0.0974. The number of carbonyl (C=O) groups is 1. The van der Waals surface area contributed by atoms with Crippen molar-refractivity contribution in [2.45, 2.75) is 12.8 Å². The summed E-state index contributed by atoms with van der Waals surface area (Å²) < 4.78 is 15.1. The zero-order valence-electron chi connectivity index (χ0n) is 15.7. The maximum absolute atomic E-state index is 15.1. The van der Waals surface area contributed by atoms with E-state index in [1.54, 1.807) is 36.5 Å². The predicted octanol–water partition coefficient (Wildman–Crippen LogP) is 4.15.